The fraction of sp³-hybridized carbons (Fsp3) is 0.577. The molecule has 4 unspecified atom stereocenters. The van der Waals surface area contributed by atoms with E-state index in [-0.39, 0.29) is 87.8 Å². The highest BCUT2D eigenvalue weighted by molar-refractivity contribution is 6.41. The summed E-state index contributed by atoms with van der Waals surface area (Å²) in [6.45, 7) is 23.7. The number of Topliss-reactive ketones (excluding diaryl/α,β-unsaturated/α-hetero) is 5. The third kappa shape index (κ3) is 39.1. The van der Waals surface area contributed by atoms with E-state index in [1.807, 2.05) is 26.0 Å². The number of aromatic amines is 1. The Morgan fingerprint density at radius 2 is 1.13 bits per heavy atom. The molecule has 754 valence electrons. The number of aliphatic carboxylic acids is 1. The van der Waals surface area contributed by atoms with E-state index >= 15 is 28.8 Å². The maximum absolute atomic E-state index is 15.6. The Morgan fingerprint density at radius 3 is 1.72 bits per heavy atom. The molecule has 18 atom stereocenters. The van der Waals surface area contributed by atoms with Crippen molar-refractivity contribution in [1.82, 2.24) is 84.7 Å². The van der Waals surface area contributed by atoms with Crippen LogP contribution in [-0.2, 0) is 110 Å². The van der Waals surface area contributed by atoms with Gasteiger partial charge in [0.25, 0.3) is 0 Å². The maximum atomic E-state index is 15.6. The SMILES string of the molecule is CC(=O)N[C@@H](CC(C)C)C(=O)N[C@H](C(=O)N[C@@H](Cc1ccccc1)C(=O)N[C@]1(C)CCCCCC/C=C/CCC[C@](C)(NC(C)C(=O)N[C@@H](C)C(=O)NC(C)C(=O)N[C@@H](C)C(=O)C(=O)[C@H](C)NC[C@H](C)C(C)=O)NC(=O)[C@H](CC(C)C)CN[C@@H](CCC(N)=O)C(=O)C(=O)C(C)NC(=O)[C@H](Cc2c[nH]c3cc(Cl)ccc23)NC(=O)C(Cc2ccc(O)cc2)NC(=O)[C@H](CCC(=O)O)NC1=O)[C@@H](C)O. The summed E-state index contributed by atoms with van der Waals surface area (Å²) >= 11 is 6.39. The summed E-state index contributed by atoms with van der Waals surface area (Å²) in [5.41, 5.74) is 3.83. The molecule has 0 fully saturated rings. The minimum atomic E-state index is -2.07. The number of carboxylic acid groups (broad SMARTS) is 1. The van der Waals surface area contributed by atoms with E-state index in [0.29, 0.717) is 71.1 Å². The number of phenols is 1. The van der Waals surface area contributed by atoms with Crippen LogP contribution < -0.4 is 85.5 Å². The molecule has 13 amide bonds. The minimum Gasteiger partial charge on any atom is -0.508 e. The number of fused-ring (bicyclic) bond motifs is 1. The fourth-order valence-corrected chi connectivity index (χ4v) is 15.7. The molecule has 39 nitrogen and oxygen atoms in total. The molecule has 3 aromatic carbocycles. The van der Waals surface area contributed by atoms with E-state index in [0.717, 1.165) is 0 Å². The van der Waals surface area contributed by atoms with Crippen LogP contribution in [0.25, 0.3) is 10.9 Å². The summed E-state index contributed by atoms with van der Waals surface area (Å²) in [6.07, 6.45) is 3.75. The predicted octanol–water partition coefficient (Wildman–Crippen LogP) is 2.93. The van der Waals surface area contributed by atoms with Crippen LogP contribution in [0.2, 0.25) is 5.02 Å². The zero-order valence-electron chi connectivity index (χ0n) is 81.2. The molecule has 0 saturated carbocycles. The Balaban J connectivity index is 1.60. The van der Waals surface area contributed by atoms with Gasteiger partial charge in [-0.25, -0.2) is 0 Å². The lowest BCUT2D eigenvalue weighted by atomic mass is 9.91. The molecule has 0 bridgehead atoms. The second-order valence-corrected chi connectivity index (χ2v) is 37.6. The molecule has 0 saturated heterocycles. The first-order valence-electron chi connectivity index (χ1n) is 46.8. The first kappa shape index (κ1) is 115. The van der Waals surface area contributed by atoms with Crippen LogP contribution in [0.4, 0.5) is 0 Å². The summed E-state index contributed by atoms with van der Waals surface area (Å²) in [7, 11) is 0. The summed E-state index contributed by atoms with van der Waals surface area (Å²) in [4.78, 5) is 270. The molecule has 1 aromatic heterocycles. The molecule has 0 spiro atoms. The monoisotopic (exact) mass is 1930 g/mol. The Morgan fingerprint density at radius 1 is 0.555 bits per heavy atom. The van der Waals surface area contributed by atoms with Crippen LogP contribution in [0.1, 0.15) is 224 Å². The second-order valence-electron chi connectivity index (χ2n) is 37.2. The van der Waals surface area contributed by atoms with Gasteiger partial charge in [-0.1, -0.05) is 126 Å². The van der Waals surface area contributed by atoms with Gasteiger partial charge in [0.15, 0.2) is 0 Å². The van der Waals surface area contributed by atoms with Crippen LogP contribution >= 0.6 is 11.6 Å². The lowest BCUT2D eigenvalue weighted by Gasteiger charge is -2.36. The molecule has 137 heavy (non-hydrogen) atoms. The highest BCUT2D eigenvalue weighted by Gasteiger charge is 2.43. The summed E-state index contributed by atoms with van der Waals surface area (Å²) in [6, 6.07) is -0.458. The first-order chi connectivity index (χ1) is 64.3. The number of nitrogens with two attached hydrogens (primary N) is 1. The van der Waals surface area contributed by atoms with Crippen LogP contribution in [0, 0.1) is 23.7 Å². The van der Waals surface area contributed by atoms with Gasteiger partial charge in [0.05, 0.1) is 47.9 Å². The number of H-pyrrole nitrogens is 1. The molecular weight excluding hydrogens is 1790 g/mol. The number of nitrogens with one attached hydrogen (secondary N) is 16. The average Bonchev–Trinajstić information content (AvgIpc) is 1.64. The number of rotatable bonds is 39. The number of allylic oxidation sites excluding steroid dienone is 2. The standard InChI is InChI=1S/C97H142ClN17O22/c1-52(2)43-67-51-101-71(37-39-78(99)120)84(126)83(125)57(8)104-90(132)77(47-66-50-102-73-48-68(98)33-36-70(66)73)109-91(133)75(46-65-31-34-69(119)35-32-65)108-89(131)72(38-40-79(121)122)111-95(137)96(15,114-93(135)76(45-64-29-25-24-26-30-64)110-94(136)80(62(13)117)112-92(134)74(44-53(3)4)107-63(14)118)41-27-22-20-18-17-19-21-23-28-42-97(16,115-88(67)130)113-60(11)87(129)106-59(10)86(128)105-58(9)85(127)103-56(7)82(124)81(123)55(6)100-49-54(5)61(12)116/h19,21,24-26,29-36,48,50,52-60,62,67,71-72,74-77,80,100-102,113,117,119H,17-18,20,22-23,27-28,37-47,49,51H2,1-16H3,(H2,99,120)(H,103,127)(H,104,132)(H,105,128)(H,106,129)(H,107,118)(H,108,131)(H,109,133)(H,110,136)(H,111,137)(H,112,134)(H,114,135)(H,115,130)(H,121,122)/b21-19+/t54-,55-,56-,57?,58?,59-,60?,62+,67+,71-,72-,74-,75?,76-,77-,80-,96+,97+/m0/s1. The zero-order chi connectivity index (χ0) is 102. The number of amides is 13. The summed E-state index contributed by atoms with van der Waals surface area (Å²) < 4.78 is 0. The van der Waals surface area contributed by atoms with Gasteiger partial charge in [-0.2, -0.15) is 0 Å². The zero-order valence-corrected chi connectivity index (χ0v) is 82.0. The number of aliphatic hydroxyl groups excluding tert-OH is 1. The molecular formula is C97H142ClN17O22. The van der Waals surface area contributed by atoms with E-state index in [1.165, 1.54) is 99.7 Å². The number of halogens is 1. The van der Waals surface area contributed by atoms with Gasteiger partial charge in [-0.15, -0.1) is 0 Å². The number of hydrogen-bond donors (Lipinski definition) is 20. The molecule has 4 aromatic rings. The van der Waals surface area contributed by atoms with Gasteiger partial charge < -0.3 is 100 Å². The van der Waals surface area contributed by atoms with E-state index < -0.39 is 239 Å². The number of aromatic hydroxyl groups is 1. The molecule has 2 heterocycles. The number of carbonyl (C=O) groups is 19. The van der Waals surface area contributed by atoms with Crippen molar-refractivity contribution in [2.75, 3.05) is 13.1 Å². The van der Waals surface area contributed by atoms with Crippen molar-refractivity contribution in [1.29, 1.82) is 0 Å². The number of aromatic nitrogens is 1. The van der Waals surface area contributed by atoms with Crippen molar-refractivity contribution in [2.24, 2.45) is 29.4 Å². The second kappa shape index (κ2) is 55.9. The third-order valence-corrected chi connectivity index (χ3v) is 24.0. The Kier molecular flexibility index (Phi) is 47.0. The van der Waals surface area contributed by atoms with E-state index in [1.54, 1.807) is 76.2 Å². The van der Waals surface area contributed by atoms with Gasteiger partial charge in [-0.3, -0.25) is 96.4 Å². The van der Waals surface area contributed by atoms with Crippen molar-refractivity contribution < 1.29 is 106 Å². The number of carboxylic acids is 1. The molecule has 0 radical (unpaired) electrons. The van der Waals surface area contributed by atoms with Gasteiger partial charge in [-0.05, 0) is 186 Å². The molecule has 40 heteroatoms. The number of carbonyl (C=O) groups excluding carboxylic acids is 18. The van der Waals surface area contributed by atoms with Gasteiger partial charge in [0.1, 0.15) is 65.4 Å². The van der Waals surface area contributed by atoms with Gasteiger partial charge in [0.2, 0.25) is 99.9 Å². The number of phenolic OH excluding ortho intramolecular Hbond substituents is 1. The highest BCUT2D eigenvalue weighted by Crippen LogP contribution is 2.26. The number of primary amides is 1. The molecule has 21 N–H and O–H groups in total. The van der Waals surface area contributed by atoms with Crippen LogP contribution in [0.15, 0.2) is 91.1 Å². The van der Waals surface area contributed by atoms with Crippen LogP contribution in [0.3, 0.4) is 0 Å². The van der Waals surface area contributed by atoms with E-state index in [2.05, 4.69) is 84.7 Å². The summed E-state index contributed by atoms with van der Waals surface area (Å²) in [5, 5.41) is 73.4. The number of hydrogen-bond acceptors (Lipinski definition) is 24. The van der Waals surface area contributed by atoms with Crippen molar-refractivity contribution in [3.63, 3.8) is 0 Å². The van der Waals surface area contributed by atoms with E-state index in [9.17, 15) is 77.6 Å². The Labute approximate surface area is 804 Å². The predicted molar refractivity (Wildman–Crippen MR) is 512 cm³/mol. The third-order valence-electron chi connectivity index (χ3n) is 23.7. The molecule has 5 rings (SSSR count). The number of ketones is 5. The normalized spacial score (nSPS) is 22.2. The molecule has 0 aliphatic carbocycles. The molecule has 1 aliphatic heterocycles. The van der Waals surface area contributed by atoms with Crippen molar-refractivity contribution in [3.05, 3.63) is 113 Å². The van der Waals surface area contributed by atoms with Crippen molar-refractivity contribution >= 4 is 134 Å². The van der Waals surface area contributed by atoms with Gasteiger partial charge >= 0.3 is 5.97 Å². The van der Waals surface area contributed by atoms with Gasteiger partial charge in [0, 0.05) is 80.2 Å². The smallest absolute Gasteiger partial charge is 0.303 e. The summed E-state index contributed by atoms with van der Waals surface area (Å²) in [5.74, 6) is -19.2. The number of aliphatic hydroxyl groups is 1. The minimum absolute atomic E-state index is 0.125. The maximum Gasteiger partial charge on any atom is 0.303 e. The topological polar surface area (TPSA) is 607 Å². The fourth-order valence-electron chi connectivity index (χ4n) is 15.5. The lowest BCUT2D eigenvalue weighted by Crippen LogP contribution is -2.65. The van der Waals surface area contributed by atoms with Crippen molar-refractivity contribution in [2.45, 2.75) is 322 Å². The highest BCUT2D eigenvalue weighted by atomic mass is 35.5. The Hall–Kier alpha value is -12.2. The van der Waals surface area contributed by atoms with Crippen LogP contribution in [-0.4, -0.2) is 241 Å². The molecule has 1 aliphatic rings. The largest absolute Gasteiger partial charge is 0.508 e. The van der Waals surface area contributed by atoms with Crippen molar-refractivity contribution in [3.8, 4) is 5.75 Å². The average molecular weight is 1930 g/mol. The number of benzene rings is 3. The van der Waals surface area contributed by atoms with Crippen LogP contribution in [0.5, 0.6) is 5.75 Å². The van der Waals surface area contributed by atoms with E-state index in [4.69, 9.17) is 17.3 Å². The Bertz CT molecular complexity index is 4910. The quantitative estimate of drug-likeness (QED) is 0.0225. The first-order valence-corrected chi connectivity index (χ1v) is 47.2. The lowest BCUT2D eigenvalue weighted by molar-refractivity contribution is -0.140.